The number of nitrogens with zero attached hydrogens (tertiary/aromatic N) is 3. The van der Waals surface area contributed by atoms with Crippen LogP contribution in [0.15, 0.2) is 30.6 Å². The Kier molecular flexibility index (Phi) is 2.51. The third kappa shape index (κ3) is 1.76. The molecule has 0 atom stereocenters. The normalized spacial score (nSPS) is 16.1. The van der Waals surface area contributed by atoms with Gasteiger partial charge in [-0.2, -0.15) is 4.68 Å². The maximum Gasteiger partial charge on any atom is 0.259 e. The smallest absolute Gasteiger partial charge is 0.259 e. The minimum atomic E-state index is -0.549. The summed E-state index contributed by atoms with van der Waals surface area (Å²) < 4.78 is 6.56. The van der Waals surface area contributed by atoms with Gasteiger partial charge in [-0.1, -0.05) is 18.2 Å². The molecule has 2 N–H and O–H groups in total. The Balaban J connectivity index is 2.01. The molecule has 0 radical (unpaired) electrons. The zero-order chi connectivity index (χ0) is 13.5. The van der Waals surface area contributed by atoms with Crippen molar-refractivity contribution in [1.82, 2.24) is 14.8 Å². The van der Waals surface area contributed by atoms with Crippen LogP contribution in [0, 0.1) is 0 Å². The van der Waals surface area contributed by atoms with E-state index >= 15 is 0 Å². The minimum Gasteiger partial charge on any atom is -0.496 e. The van der Waals surface area contributed by atoms with Gasteiger partial charge in [-0.05, 0) is 18.9 Å². The van der Waals surface area contributed by atoms with Crippen molar-refractivity contribution in [1.29, 1.82) is 0 Å². The summed E-state index contributed by atoms with van der Waals surface area (Å²) in [6.45, 7) is 0. The molecular weight excluding hydrogens is 244 g/mol. The van der Waals surface area contributed by atoms with Crippen LogP contribution in [0.2, 0.25) is 0 Å². The topological polar surface area (TPSA) is 83.0 Å². The number of benzene rings is 1. The molecule has 19 heavy (non-hydrogen) atoms. The summed E-state index contributed by atoms with van der Waals surface area (Å²) in [5.74, 6) is 0.715. The van der Waals surface area contributed by atoms with E-state index < -0.39 is 5.41 Å². The van der Waals surface area contributed by atoms with Crippen molar-refractivity contribution in [2.24, 2.45) is 0 Å². The Bertz CT molecular complexity index is 631. The van der Waals surface area contributed by atoms with E-state index in [1.807, 2.05) is 24.3 Å². The van der Waals surface area contributed by atoms with Crippen molar-refractivity contribution in [3.05, 3.63) is 36.2 Å². The maximum absolute atomic E-state index is 12.6. The molecule has 1 aliphatic carbocycles. The van der Waals surface area contributed by atoms with Crippen LogP contribution in [0.25, 0.3) is 0 Å². The van der Waals surface area contributed by atoms with Gasteiger partial charge >= 0.3 is 0 Å². The summed E-state index contributed by atoms with van der Waals surface area (Å²) in [5, 5.41) is 3.89. The lowest BCUT2D eigenvalue weighted by molar-refractivity contribution is 0.0844. The Labute approximate surface area is 110 Å². The summed E-state index contributed by atoms with van der Waals surface area (Å²) in [6, 6.07) is 7.57. The van der Waals surface area contributed by atoms with Gasteiger partial charge in [-0.3, -0.25) is 4.79 Å². The second kappa shape index (κ2) is 4.08. The first-order valence-electron chi connectivity index (χ1n) is 6.03. The van der Waals surface area contributed by atoms with Crippen molar-refractivity contribution in [2.45, 2.75) is 18.3 Å². The monoisotopic (exact) mass is 258 g/mol. The maximum atomic E-state index is 12.6. The molecule has 0 aliphatic heterocycles. The molecule has 2 aromatic rings. The van der Waals surface area contributed by atoms with Crippen LogP contribution in [0.5, 0.6) is 5.75 Å². The summed E-state index contributed by atoms with van der Waals surface area (Å²) in [5.41, 5.74) is 5.81. The molecule has 6 heteroatoms. The molecular formula is C13H14N4O2. The highest BCUT2D eigenvalue weighted by atomic mass is 16.5. The number of carbonyl (C=O) groups is 1. The van der Waals surface area contributed by atoms with Gasteiger partial charge in [-0.15, -0.1) is 5.10 Å². The second-order valence-electron chi connectivity index (χ2n) is 4.63. The minimum absolute atomic E-state index is 0.101. The summed E-state index contributed by atoms with van der Waals surface area (Å²) in [7, 11) is 1.60. The SMILES string of the molecule is COc1ccccc1C1(C(=O)n2cnc(N)n2)CC1. The molecule has 0 saturated heterocycles. The molecule has 3 rings (SSSR count). The molecule has 1 aliphatic rings. The van der Waals surface area contributed by atoms with Crippen LogP contribution in [0.1, 0.15) is 23.2 Å². The van der Waals surface area contributed by atoms with Gasteiger partial charge in [0.15, 0.2) is 0 Å². The number of ether oxygens (including phenoxy) is 1. The standard InChI is InChI=1S/C13H14N4O2/c1-19-10-5-3-2-4-9(10)13(6-7-13)11(18)17-8-15-12(14)16-17/h2-5,8H,6-7H2,1H3,(H2,14,16). The highest BCUT2D eigenvalue weighted by Gasteiger charge is 2.53. The predicted molar refractivity (Wildman–Crippen MR) is 69.0 cm³/mol. The molecule has 1 saturated carbocycles. The average Bonchev–Trinajstić information content (AvgIpc) is 3.14. The van der Waals surface area contributed by atoms with Gasteiger partial charge in [0.2, 0.25) is 5.95 Å². The van der Waals surface area contributed by atoms with Gasteiger partial charge in [0.05, 0.1) is 12.5 Å². The summed E-state index contributed by atoms with van der Waals surface area (Å²) in [6.07, 6.45) is 2.92. The van der Waals surface area contributed by atoms with E-state index in [1.165, 1.54) is 11.0 Å². The number of aromatic nitrogens is 3. The van der Waals surface area contributed by atoms with E-state index in [0.717, 1.165) is 24.2 Å². The van der Waals surface area contributed by atoms with Gasteiger partial charge in [0.1, 0.15) is 12.1 Å². The number of carbonyl (C=O) groups excluding carboxylic acids is 1. The molecule has 6 nitrogen and oxygen atoms in total. The number of hydrogen-bond donors (Lipinski definition) is 1. The average molecular weight is 258 g/mol. The van der Waals surface area contributed by atoms with Crippen LogP contribution >= 0.6 is 0 Å². The van der Waals surface area contributed by atoms with Crippen molar-refractivity contribution in [2.75, 3.05) is 12.8 Å². The van der Waals surface area contributed by atoms with Gasteiger partial charge < -0.3 is 10.5 Å². The lowest BCUT2D eigenvalue weighted by Gasteiger charge is -2.16. The van der Waals surface area contributed by atoms with Crippen molar-refractivity contribution < 1.29 is 9.53 Å². The Morgan fingerprint density at radius 2 is 2.16 bits per heavy atom. The number of nitrogens with two attached hydrogens (primary N) is 1. The number of anilines is 1. The number of hydrogen-bond acceptors (Lipinski definition) is 5. The van der Waals surface area contributed by atoms with E-state index in [4.69, 9.17) is 10.5 Å². The lowest BCUT2D eigenvalue weighted by Crippen LogP contribution is -2.27. The third-order valence-corrected chi connectivity index (χ3v) is 3.50. The van der Waals surface area contributed by atoms with E-state index in [-0.39, 0.29) is 11.9 Å². The Morgan fingerprint density at radius 3 is 2.74 bits per heavy atom. The van der Waals surface area contributed by atoms with E-state index in [9.17, 15) is 4.79 Å². The van der Waals surface area contributed by atoms with Crippen molar-refractivity contribution >= 4 is 11.9 Å². The lowest BCUT2D eigenvalue weighted by atomic mass is 9.94. The highest BCUT2D eigenvalue weighted by molar-refractivity contribution is 5.93. The molecule has 1 aromatic carbocycles. The molecule has 0 spiro atoms. The Morgan fingerprint density at radius 1 is 1.42 bits per heavy atom. The van der Waals surface area contributed by atoms with E-state index in [2.05, 4.69) is 10.1 Å². The predicted octanol–water partition coefficient (Wildman–Crippen LogP) is 1.24. The van der Waals surface area contributed by atoms with Gasteiger partial charge in [0, 0.05) is 5.56 Å². The fourth-order valence-corrected chi connectivity index (χ4v) is 2.36. The number of para-hydroxylation sites is 1. The van der Waals surface area contributed by atoms with Crippen LogP contribution in [0.4, 0.5) is 5.95 Å². The van der Waals surface area contributed by atoms with Gasteiger partial charge in [-0.25, -0.2) is 4.98 Å². The van der Waals surface area contributed by atoms with Crippen LogP contribution in [0.3, 0.4) is 0 Å². The van der Waals surface area contributed by atoms with Crippen molar-refractivity contribution in [3.8, 4) is 5.75 Å². The fraction of sp³-hybridized carbons (Fsp3) is 0.308. The first-order chi connectivity index (χ1) is 9.17. The van der Waals surface area contributed by atoms with Crippen molar-refractivity contribution in [3.63, 3.8) is 0 Å². The van der Waals surface area contributed by atoms with Crippen LogP contribution in [-0.2, 0) is 5.41 Å². The zero-order valence-corrected chi connectivity index (χ0v) is 10.5. The molecule has 1 fully saturated rings. The largest absolute Gasteiger partial charge is 0.496 e. The third-order valence-electron chi connectivity index (χ3n) is 3.50. The first kappa shape index (κ1) is 11.7. The summed E-state index contributed by atoms with van der Waals surface area (Å²) >= 11 is 0. The molecule has 0 unspecified atom stereocenters. The zero-order valence-electron chi connectivity index (χ0n) is 10.5. The van der Waals surface area contributed by atoms with Crippen LogP contribution < -0.4 is 10.5 Å². The molecule has 1 aromatic heterocycles. The fourth-order valence-electron chi connectivity index (χ4n) is 2.36. The molecule has 0 bridgehead atoms. The highest BCUT2D eigenvalue weighted by Crippen LogP contribution is 2.52. The van der Waals surface area contributed by atoms with E-state index in [0.29, 0.717) is 0 Å². The number of nitrogen functional groups attached to an aromatic ring is 1. The van der Waals surface area contributed by atoms with Crippen LogP contribution in [-0.4, -0.2) is 27.8 Å². The number of rotatable bonds is 3. The molecule has 0 amide bonds. The number of methoxy groups -OCH3 is 1. The molecule has 98 valence electrons. The first-order valence-corrected chi connectivity index (χ1v) is 6.03. The quantitative estimate of drug-likeness (QED) is 0.895. The second-order valence-corrected chi connectivity index (χ2v) is 4.63. The summed E-state index contributed by atoms with van der Waals surface area (Å²) in [4.78, 5) is 16.4. The Hall–Kier alpha value is -2.37. The van der Waals surface area contributed by atoms with Gasteiger partial charge in [0.25, 0.3) is 5.91 Å². The molecule has 1 heterocycles. The van der Waals surface area contributed by atoms with E-state index in [1.54, 1.807) is 7.11 Å².